The molecule has 42 valence electrons. The van der Waals surface area contributed by atoms with E-state index in [4.69, 9.17) is 5.73 Å². The number of hydrogen-bond acceptors (Lipinski definition) is 2. The fraction of sp³-hybridized carbons (Fsp3) is 1.00. The first-order chi connectivity index (χ1) is 1.73. The molecule has 0 aromatic heterocycles. The Balaban J connectivity index is -0.0000000450. The molecule has 0 aliphatic carbocycles. The van der Waals surface area contributed by atoms with Gasteiger partial charge in [0.1, 0.15) is 0 Å². The molecule has 0 aliphatic heterocycles. The molecular weight excluding hydrogens is 141 g/mol. The van der Waals surface area contributed by atoms with Crippen LogP contribution in [0.15, 0.2) is 0 Å². The van der Waals surface area contributed by atoms with E-state index in [2.05, 4.69) is 12.6 Å². The molecule has 6 heavy (non-hydrogen) atoms. The maximum Gasteiger partial charge on any atom is 0.0448 e. The summed E-state index contributed by atoms with van der Waals surface area (Å²) in [6, 6.07) is 0. The molecular formula is C2H9Cl2NS. The SMILES string of the molecule is CC(N)S.Cl.Cl. The van der Waals surface area contributed by atoms with E-state index in [-0.39, 0.29) is 30.2 Å². The van der Waals surface area contributed by atoms with Gasteiger partial charge < -0.3 is 5.73 Å². The van der Waals surface area contributed by atoms with Crippen LogP contribution in [0, 0.1) is 0 Å². The second kappa shape index (κ2) is 9.31. The van der Waals surface area contributed by atoms with E-state index in [1.165, 1.54) is 0 Å². The molecule has 1 nitrogen and oxygen atoms in total. The van der Waals surface area contributed by atoms with Crippen LogP contribution in [0.4, 0.5) is 0 Å². The molecule has 0 heterocycles. The Kier molecular flexibility index (Phi) is 24.5. The van der Waals surface area contributed by atoms with Crippen LogP contribution in [0.1, 0.15) is 6.92 Å². The molecule has 0 bridgehead atoms. The lowest BCUT2D eigenvalue weighted by Crippen LogP contribution is -2.03. The summed E-state index contributed by atoms with van der Waals surface area (Å²) in [7, 11) is 0. The summed E-state index contributed by atoms with van der Waals surface area (Å²) in [5.41, 5.74) is 4.98. The molecule has 4 heteroatoms. The van der Waals surface area contributed by atoms with E-state index < -0.39 is 0 Å². The summed E-state index contributed by atoms with van der Waals surface area (Å²) in [6.07, 6.45) is 0. The lowest BCUT2D eigenvalue weighted by molar-refractivity contribution is 1.06. The minimum atomic E-state index is 0. The molecule has 0 aliphatic rings. The second-order valence-corrected chi connectivity index (χ2v) is 1.56. The van der Waals surface area contributed by atoms with Gasteiger partial charge in [0.15, 0.2) is 0 Å². The van der Waals surface area contributed by atoms with Gasteiger partial charge in [-0.2, -0.15) is 12.6 Å². The summed E-state index contributed by atoms with van der Waals surface area (Å²) in [4.78, 5) is 0. The average Bonchev–Trinajstić information content (AvgIpc) is 0.811. The zero-order valence-corrected chi connectivity index (χ0v) is 5.95. The number of rotatable bonds is 0. The van der Waals surface area contributed by atoms with Gasteiger partial charge >= 0.3 is 0 Å². The highest BCUT2D eigenvalue weighted by Crippen LogP contribution is 1.72. The second-order valence-electron chi connectivity index (χ2n) is 0.741. The van der Waals surface area contributed by atoms with Crippen LogP contribution < -0.4 is 5.73 Å². The first kappa shape index (κ1) is 15.8. The van der Waals surface area contributed by atoms with Gasteiger partial charge in [-0.1, -0.05) is 0 Å². The Morgan fingerprint density at radius 3 is 1.50 bits per heavy atom. The standard InChI is InChI=1S/C2H7NS.2ClH/c1-2(3)4;;/h2,4H,3H2,1H3;2*1H. The molecule has 0 saturated carbocycles. The molecule has 0 amide bonds. The maximum absolute atomic E-state index is 4.98. The van der Waals surface area contributed by atoms with Crippen molar-refractivity contribution in [1.29, 1.82) is 0 Å². The van der Waals surface area contributed by atoms with Crippen LogP contribution >= 0.6 is 37.4 Å². The minimum absolute atomic E-state index is 0. The number of nitrogens with two attached hydrogens (primary N) is 1. The summed E-state index contributed by atoms with van der Waals surface area (Å²) in [5, 5.41) is 0.0278. The van der Waals surface area contributed by atoms with Gasteiger partial charge in [-0.05, 0) is 6.92 Å². The van der Waals surface area contributed by atoms with Crippen molar-refractivity contribution in [2.75, 3.05) is 0 Å². The molecule has 0 rings (SSSR count). The highest BCUT2D eigenvalue weighted by atomic mass is 35.5. The highest BCUT2D eigenvalue weighted by molar-refractivity contribution is 7.80. The minimum Gasteiger partial charge on any atom is -0.320 e. The number of halogens is 2. The van der Waals surface area contributed by atoms with Crippen molar-refractivity contribution >= 4 is 37.4 Å². The van der Waals surface area contributed by atoms with Crippen molar-refractivity contribution in [3.63, 3.8) is 0 Å². The van der Waals surface area contributed by atoms with Gasteiger partial charge in [0.25, 0.3) is 0 Å². The smallest absolute Gasteiger partial charge is 0.0448 e. The third-order valence-electron chi connectivity index (χ3n) is 0. The van der Waals surface area contributed by atoms with Crippen LogP contribution in [0.2, 0.25) is 0 Å². The normalized spacial score (nSPS) is 10.5. The molecule has 0 aromatic carbocycles. The zero-order chi connectivity index (χ0) is 3.58. The summed E-state index contributed by atoms with van der Waals surface area (Å²) >= 11 is 3.74. The van der Waals surface area contributed by atoms with Gasteiger partial charge in [-0.25, -0.2) is 0 Å². The fourth-order valence-electron chi connectivity index (χ4n) is 0. The van der Waals surface area contributed by atoms with Crippen molar-refractivity contribution in [3.8, 4) is 0 Å². The van der Waals surface area contributed by atoms with E-state index in [1.807, 2.05) is 6.92 Å². The van der Waals surface area contributed by atoms with Gasteiger partial charge in [0, 0.05) is 5.37 Å². The van der Waals surface area contributed by atoms with E-state index in [0.717, 1.165) is 0 Å². The molecule has 0 spiro atoms. The van der Waals surface area contributed by atoms with Crippen molar-refractivity contribution in [2.45, 2.75) is 12.3 Å². The molecule has 2 N–H and O–H groups in total. The van der Waals surface area contributed by atoms with E-state index in [9.17, 15) is 0 Å². The Morgan fingerprint density at radius 2 is 1.50 bits per heavy atom. The third-order valence-corrected chi connectivity index (χ3v) is 0. The van der Waals surface area contributed by atoms with Crippen molar-refractivity contribution < 1.29 is 0 Å². The zero-order valence-electron chi connectivity index (χ0n) is 3.42. The van der Waals surface area contributed by atoms with Crippen LogP contribution in [0.25, 0.3) is 0 Å². The van der Waals surface area contributed by atoms with Crippen molar-refractivity contribution in [3.05, 3.63) is 0 Å². The molecule has 0 radical (unpaired) electrons. The first-order valence-corrected chi connectivity index (χ1v) is 1.69. The Hall–Kier alpha value is 0.890. The van der Waals surface area contributed by atoms with Crippen LogP contribution in [0.3, 0.4) is 0 Å². The fourth-order valence-corrected chi connectivity index (χ4v) is 0. The summed E-state index contributed by atoms with van der Waals surface area (Å²) < 4.78 is 0. The van der Waals surface area contributed by atoms with Crippen LogP contribution in [-0.4, -0.2) is 5.37 Å². The molecule has 0 aromatic rings. The topological polar surface area (TPSA) is 26.0 Å². The number of thiol groups is 1. The van der Waals surface area contributed by atoms with E-state index in [0.29, 0.717) is 0 Å². The van der Waals surface area contributed by atoms with Crippen LogP contribution in [0.5, 0.6) is 0 Å². The third kappa shape index (κ3) is 93.4. The van der Waals surface area contributed by atoms with Crippen molar-refractivity contribution in [2.24, 2.45) is 5.73 Å². The Bertz CT molecular complexity index is 16.3. The molecule has 0 saturated heterocycles. The quantitative estimate of drug-likeness (QED) is 0.392. The largest absolute Gasteiger partial charge is 0.320 e. The molecule has 1 unspecified atom stereocenters. The average molecular weight is 150 g/mol. The Labute approximate surface area is 55.9 Å². The van der Waals surface area contributed by atoms with Crippen LogP contribution in [-0.2, 0) is 0 Å². The monoisotopic (exact) mass is 149 g/mol. The van der Waals surface area contributed by atoms with Gasteiger partial charge in [-0.15, -0.1) is 24.8 Å². The van der Waals surface area contributed by atoms with Gasteiger partial charge in [-0.3, -0.25) is 0 Å². The van der Waals surface area contributed by atoms with Gasteiger partial charge in [0.2, 0.25) is 0 Å². The summed E-state index contributed by atoms with van der Waals surface area (Å²) in [6.45, 7) is 1.81. The van der Waals surface area contributed by atoms with Crippen molar-refractivity contribution in [1.82, 2.24) is 0 Å². The lowest BCUT2D eigenvalue weighted by Gasteiger charge is -1.80. The van der Waals surface area contributed by atoms with Gasteiger partial charge in [0.05, 0.1) is 0 Å². The predicted octanol–water partition coefficient (Wildman–Crippen LogP) is 1.06. The number of hydrogen-bond donors (Lipinski definition) is 2. The maximum atomic E-state index is 4.98. The highest BCUT2D eigenvalue weighted by Gasteiger charge is 1.68. The molecule has 1 atom stereocenters. The Morgan fingerprint density at radius 1 is 1.50 bits per heavy atom. The van der Waals surface area contributed by atoms with E-state index >= 15 is 0 Å². The molecule has 0 fully saturated rings. The van der Waals surface area contributed by atoms with E-state index in [1.54, 1.807) is 0 Å². The lowest BCUT2D eigenvalue weighted by atomic mass is 10.8. The summed E-state index contributed by atoms with van der Waals surface area (Å²) in [5.74, 6) is 0. The predicted molar refractivity (Wildman–Crippen MR) is 37.1 cm³/mol. The first-order valence-electron chi connectivity index (χ1n) is 1.17.